The third kappa shape index (κ3) is 3.25. The first kappa shape index (κ1) is 14.3. The fourth-order valence-corrected chi connectivity index (χ4v) is 2.92. The minimum atomic E-state index is -0.454. The van der Waals surface area contributed by atoms with Gasteiger partial charge in [-0.3, -0.25) is 9.59 Å². The Bertz CT molecular complexity index is 335. The molecule has 0 aromatic rings. The SMILES string of the molecule is COCC1(C(=O)N2CCCNC(=O)C2)CCNCC1. The standard InChI is InChI=1S/C13H23N3O3/c1-19-10-13(3-6-14-7-4-13)12(18)16-8-2-5-15-11(17)9-16/h14H,2-10H2,1H3,(H,15,17). The number of carbonyl (C=O) groups is 2. The number of amides is 2. The van der Waals surface area contributed by atoms with Crippen molar-refractivity contribution in [1.82, 2.24) is 15.5 Å². The number of hydrogen-bond acceptors (Lipinski definition) is 4. The van der Waals surface area contributed by atoms with E-state index in [1.807, 2.05) is 0 Å². The fourth-order valence-electron chi connectivity index (χ4n) is 2.92. The zero-order valence-electron chi connectivity index (χ0n) is 11.5. The maximum Gasteiger partial charge on any atom is 0.239 e. The molecule has 0 aromatic carbocycles. The molecule has 0 saturated carbocycles. The molecule has 19 heavy (non-hydrogen) atoms. The summed E-state index contributed by atoms with van der Waals surface area (Å²) in [6, 6.07) is 0. The van der Waals surface area contributed by atoms with Crippen molar-refractivity contribution >= 4 is 11.8 Å². The summed E-state index contributed by atoms with van der Waals surface area (Å²) >= 11 is 0. The van der Waals surface area contributed by atoms with Gasteiger partial charge in [-0.15, -0.1) is 0 Å². The summed E-state index contributed by atoms with van der Waals surface area (Å²) in [4.78, 5) is 26.1. The molecule has 0 aliphatic carbocycles. The van der Waals surface area contributed by atoms with Crippen LogP contribution in [0.15, 0.2) is 0 Å². The third-order valence-electron chi connectivity index (χ3n) is 3.98. The molecule has 2 N–H and O–H groups in total. The highest BCUT2D eigenvalue weighted by Crippen LogP contribution is 2.31. The van der Waals surface area contributed by atoms with Crippen molar-refractivity contribution in [3.05, 3.63) is 0 Å². The normalized spacial score (nSPS) is 23.6. The number of carbonyl (C=O) groups excluding carboxylic acids is 2. The van der Waals surface area contributed by atoms with Crippen molar-refractivity contribution in [3.63, 3.8) is 0 Å². The Hall–Kier alpha value is -1.14. The van der Waals surface area contributed by atoms with Crippen LogP contribution in [0, 0.1) is 5.41 Å². The first-order chi connectivity index (χ1) is 9.18. The van der Waals surface area contributed by atoms with E-state index in [1.54, 1.807) is 12.0 Å². The summed E-state index contributed by atoms with van der Waals surface area (Å²) in [5.41, 5.74) is -0.454. The van der Waals surface area contributed by atoms with Gasteiger partial charge in [0.05, 0.1) is 18.6 Å². The number of hydrogen-bond donors (Lipinski definition) is 2. The van der Waals surface area contributed by atoms with Crippen molar-refractivity contribution in [2.75, 3.05) is 46.4 Å². The van der Waals surface area contributed by atoms with Crippen molar-refractivity contribution in [1.29, 1.82) is 0 Å². The van der Waals surface area contributed by atoms with Gasteiger partial charge in [0.15, 0.2) is 0 Å². The van der Waals surface area contributed by atoms with Gasteiger partial charge in [0, 0.05) is 20.2 Å². The summed E-state index contributed by atoms with van der Waals surface area (Å²) in [6.45, 7) is 3.57. The van der Waals surface area contributed by atoms with Crippen molar-refractivity contribution < 1.29 is 14.3 Å². The number of nitrogens with one attached hydrogen (secondary N) is 2. The molecule has 0 radical (unpaired) electrons. The molecule has 0 unspecified atom stereocenters. The quantitative estimate of drug-likeness (QED) is 0.714. The highest BCUT2D eigenvalue weighted by molar-refractivity contribution is 5.88. The highest BCUT2D eigenvalue weighted by Gasteiger charge is 2.42. The van der Waals surface area contributed by atoms with E-state index in [1.165, 1.54) is 0 Å². The van der Waals surface area contributed by atoms with E-state index in [2.05, 4.69) is 10.6 Å². The predicted octanol–water partition coefficient (Wildman–Crippen LogP) is -0.649. The van der Waals surface area contributed by atoms with E-state index < -0.39 is 5.41 Å². The highest BCUT2D eigenvalue weighted by atomic mass is 16.5. The van der Waals surface area contributed by atoms with Crippen LogP contribution in [0.2, 0.25) is 0 Å². The van der Waals surface area contributed by atoms with Crippen molar-refractivity contribution in [2.24, 2.45) is 5.41 Å². The second-order valence-electron chi connectivity index (χ2n) is 5.39. The van der Waals surface area contributed by atoms with Gasteiger partial charge in [-0.05, 0) is 32.4 Å². The first-order valence-corrected chi connectivity index (χ1v) is 6.94. The molecule has 6 heteroatoms. The molecule has 2 fully saturated rings. The Morgan fingerprint density at radius 3 is 2.79 bits per heavy atom. The van der Waals surface area contributed by atoms with Crippen LogP contribution in [-0.4, -0.2) is 63.2 Å². The van der Waals surface area contributed by atoms with Crippen LogP contribution in [0.1, 0.15) is 19.3 Å². The molecule has 2 aliphatic rings. The van der Waals surface area contributed by atoms with Gasteiger partial charge in [-0.2, -0.15) is 0 Å². The average molecular weight is 269 g/mol. The van der Waals surface area contributed by atoms with Gasteiger partial charge in [0.2, 0.25) is 11.8 Å². The Balaban J connectivity index is 2.11. The number of ether oxygens (including phenoxy) is 1. The molecule has 0 spiro atoms. The van der Waals surface area contributed by atoms with Gasteiger partial charge in [-0.1, -0.05) is 0 Å². The molecule has 0 atom stereocenters. The zero-order chi connectivity index (χ0) is 13.7. The first-order valence-electron chi connectivity index (χ1n) is 6.94. The van der Waals surface area contributed by atoms with E-state index in [9.17, 15) is 9.59 Å². The lowest BCUT2D eigenvalue weighted by Gasteiger charge is -2.39. The summed E-state index contributed by atoms with van der Waals surface area (Å²) in [5.74, 6) is 0.0141. The molecule has 2 rings (SSSR count). The maximum absolute atomic E-state index is 12.8. The van der Waals surface area contributed by atoms with Gasteiger partial charge in [-0.25, -0.2) is 0 Å². The molecular formula is C13H23N3O3. The van der Waals surface area contributed by atoms with Crippen LogP contribution in [-0.2, 0) is 14.3 Å². The monoisotopic (exact) mass is 269 g/mol. The summed E-state index contributed by atoms with van der Waals surface area (Å²) < 4.78 is 5.28. The lowest BCUT2D eigenvalue weighted by molar-refractivity contribution is -0.149. The van der Waals surface area contributed by atoms with Crippen molar-refractivity contribution in [3.8, 4) is 0 Å². The molecule has 0 aromatic heterocycles. The summed E-state index contributed by atoms with van der Waals surface area (Å²) in [7, 11) is 1.63. The minimum Gasteiger partial charge on any atom is -0.384 e. The molecule has 6 nitrogen and oxygen atoms in total. The Kier molecular flexibility index (Phi) is 4.76. The molecule has 2 amide bonds. The summed E-state index contributed by atoms with van der Waals surface area (Å²) in [5, 5.41) is 6.07. The largest absolute Gasteiger partial charge is 0.384 e. The third-order valence-corrected chi connectivity index (χ3v) is 3.98. The van der Waals surface area contributed by atoms with Gasteiger partial charge in [0.25, 0.3) is 0 Å². The maximum atomic E-state index is 12.8. The topological polar surface area (TPSA) is 70.7 Å². The summed E-state index contributed by atoms with van der Waals surface area (Å²) in [6.07, 6.45) is 2.37. The Labute approximate surface area is 113 Å². The van der Waals surface area contributed by atoms with E-state index in [0.29, 0.717) is 19.7 Å². The van der Waals surface area contributed by atoms with Crippen LogP contribution in [0.3, 0.4) is 0 Å². The molecular weight excluding hydrogens is 246 g/mol. The lowest BCUT2D eigenvalue weighted by atomic mass is 9.78. The van der Waals surface area contributed by atoms with Crippen LogP contribution < -0.4 is 10.6 Å². The second kappa shape index (κ2) is 6.34. The average Bonchev–Trinajstić information content (AvgIpc) is 2.64. The van der Waals surface area contributed by atoms with E-state index in [4.69, 9.17) is 4.74 Å². The fraction of sp³-hybridized carbons (Fsp3) is 0.846. The van der Waals surface area contributed by atoms with Crippen LogP contribution in [0.4, 0.5) is 0 Å². The van der Waals surface area contributed by atoms with Crippen LogP contribution in [0.25, 0.3) is 0 Å². The molecule has 0 bridgehead atoms. The van der Waals surface area contributed by atoms with E-state index in [-0.39, 0.29) is 18.4 Å². The van der Waals surface area contributed by atoms with Crippen LogP contribution >= 0.6 is 0 Å². The number of nitrogens with zero attached hydrogens (tertiary/aromatic N) is 1. The minimum absolute atomic E-state index is 0.0626. The number of methoxy groups -OCH3 is 1. The van der Waals surface area contributed by atoms with E-state index >= 15 is 0 Å². The van der Waals surface area contributed by atoms with Gasteiger partial charge >= 0.3 is 0 Å². The number of rotatable bonds is 3. The lowest BCUT2D eigenvalue weighted by Crippen LogP contribution is -2.52. The zero-order valence-corrected chi connectivity index (χ0v) is 11.5. The van der Waals surface area contributed by atoms with Crippen molar-refractivity contribution in [2.45, 2.75) is 19.3 Å². The molecule has 2 aliphatic heterocycles. The Morgan fingerprint density at radius 2 is 2.11 bits per heavy atom. The molecule has 2 heterocycles. The molecule has 2 saturated heterocycles. The van der Waals surface area contributed by atoms with Crippen LogP contribution in [0.5, 0.6) is 0 Å². The predicted molar refractivity (Wildman–Crippen MR) is 70.6 cm³/mol. The van der Waals surface area contributed by atoms with Gasteiger partial charge in [0.1, 0.15) is 0 Å². The molecule has 108 valence electrons. The van der Waals surface area contributed by atoms with Gasteiger partial charge < -0.3 is 20.3 Å². The van der Waals surface area contributed by atoms with E-state index in [0.717, 1.165) is 32.4 Å². The Morgan fingerprint density at radius 1 is 1.37 bits per heavy atom. The smallest absolute Gasteiger partial charge is 0.239 e. The second-order valence-corrected chi connectivity index (χ2v) is 5.39. The number of piperidine rings is 1.